The molecule has 0 aromatic carbocycles. The predicted octanol–water partition coefficient (Wildman–Crippen LogP) is 2.35. The van der Waals surface area contributed by atoms with Crippen LogP contribution in [0.1, 0.15) is 24.8 Å². The molecule has 14 heavy (non-hydrogen) atoms. The predicted molar refractivity (Wildman–Crippen MR) is 63.9 cm³/mol. The van der Waals surface area contributed by atoms with Gasteiger partial charge in [-0.1, -0.05) is 19.9 Å². The van der Waals surface area contributed by atoms with E-state index in [0.717, 1.165) is 6.54 Å². The Kier molecular flexibility index (Phi) is 4.58. The Morgan fingerprint density at radius 1 is 1.43 bits per heavy atom. The highest BCUT2D eigenvalue weighted by molar-refractivity contribution is 7.10. The van der Waals surface area contributed by atoms with Crippen molar-refractivity contribution < 1.29 is 0 Å². The minimum atomic E-state index is 0.498. The second-order valence-electron chi connectivity index (χ2n) is 4.06. The SMILES string of the molecule is CC(C)NCC(c1cccs1)N(C)C. The zero-order valence-corrected chi connectivity index (χ0v) is 10.3. The zero-order chi connectivity index (χ0) is 10.6. The van der Waals surface area contributed by atoms with Gasteiger partial charge in [-0.15, -0.1) is 11.3 Å². The molecule has 1 atom stereocenters. The quantitative estimate of drug-likeness (QED) is 0.806. The van der Waals surface area contributed by atoms with E-state index in [1.54, 1.807) is 0 Å². The number of hydrogen-bond donors (Lipinski definition) is 1. The van der Waals surface area contributed by atoms with Gasteiger partial charge in [0.25, 0.3) is 0 Å². The summed E-state index contributed by atoms with van der Waals surface area (Å²) < 4.78 is 0. The molecule has 0 saturated heterocycles. The Morgan fingerprint density at radius 3 is 2.57 bits per heavy atom. The fraction of sp³-hybridized carbons (Fsp3) is 0.636. The molecule has 0 bridgehead atoms. The van der Waals surface area contributed by atoms with Crippen LogP contribution in [-0.4, -0.2) is 31.6 Å². The molecule has 1 aromatic rings. The lowest BCUT2D eigenvalue weighted by Gasteiger charge is -2.24. The van der Waals surface area contributed by atoms with E-state index in [1.807, 2.05) is 11.3 Å². The van der Waals surface area contributed by atoms with Crippen LogP contribution in [0.3, 0.4) is 0 Å². The van der Waals surface area contributed by atoms with E-state index < -0.39 is 0 Å². The molecule has 1 heterocycles. The molecule has 3 heteroatoms. The van der Waals surface area contributed by atoms with Crippen molar-refractivity contribution in [3.8, 4) is 0 Å². The fourth-order valence-electron chi connectivity index (χ4n) is 1.37. The summed E-state index contributed by atoms with van der Waals surface area (Å²) in [5, 5.41) is 5.62. The maximum atomic E-state index is 3.48. The summed E-state index contributed by atoms with van der Waals surface area (Å²) in [7, 11) is 4.26. The Balaban J connectivity index is 2.57. The van der Waals surface area contributed by atoms with E-state index in [2.05, 4.69) is 55.7 Å². The molecule has 0 aliphatic carbocycles. The molecule has 0 radical (unpaired) electrons. The molecule has 0 fully saturated rings. The first-order valence-electron chi connectivity index (χ1n) is 5.04. The van der Waals surface area contributed by atoms with Gasteiger partial charge >= 0.3 is 0 Å². The van der Waals surface area contributed by atoms with Gasteiger partial charge in [0.15, 0.2) is 0 Å². The topological polar surface area (TPSA) is 15.3 Å². The number of thiophene rings is 1. The third-order valence-corrected chi connectivity index (χ3v) is 3.19. The molecule has 80 valence electrons. The maximum Gasteiger partial charge on any atom is 0.0561 e. The van der Waals surface area contributed by atoms with E-state index in [0.29, 0.717) is 12.1 Å². The summed E-state index contributed by atoms with van der Waals surface area (Å²) in [5.41, 5.74) is 0. The number of nitrogens with one attached hydrogen (secondary N) is 1. The summed E-state index contributed by atoms with van der Waals surface area (Å²) in [5.74, 6) is 0. The van der Waals surface area contributed by atoms with Crippen molar-refractivity contribution in [1.82, 2.24) is 10.2 Å². The highest BCUT2D eigenvalue weighted by atomic mass is 32.1. The van der Waals surface area contributed by atoms with Gasteiger partial charge in [0.05, 0.1) is 6.04 Å². The molecular formula is C11H20N2S. The van der Waals surface area contributed by atoms with Crippen LogP contribution in [-0.2, 0) is 0 Å². The first-order valence-corrected chi connectivity index (χ1v) is 5.92. The van der Waals surface area contributed by atoms with Gasteiger partial charge < -0.3 is 10.2 Å². The molecule has 0 amide bonds. The van der Waals surface area contributed by atoms with Crippen LogP contribution in [0.25, 0.3) is 0 Å². The number of rotatable bonds is 5. The molecule has 0 spiro atoms. The molecule has 1 unspecified atom stereocenters. The lowest BCUT2D eigenvalue weighted by atomic mass is 10.2. The van der Waals surface area contributed by atoms with Gasteiger partial charge in [0.2, 0.25) is 0 Å². The second-order valence-corrected chi connectivity index (χ2v) is 5.04. The molecule has 1 N–H and O–H groups in total. The third-order valence-electron chi connectivity index (χ3n) is 2.21. The van der Waals surface area contributed by atoms with Gasteiger partial charge in [-0.25, -0.2) is 0 Å². The lowest BCUT2D eigenvalue weighted by molar-refractivity contribution is 0.287. The minimum absolute atomic E-state index is 0.498. The molecule has 1 rings (SSSR count). The van der Waals surface area contributed by atoms with E-state index in [9.17, 15) is 0 Å². The molecule has 0 saturated carbocycles. The smallest absolute Gasteiger partial charge is 0.0561 e. The average Bonchev–Trinajstić information content (AvgIpc) is 2.56. The summed E-state index contributed by atoms with van der Waals surface area (Å²) in [6, 6.07) is 5.37. The van der Waals surface area contributed by atoms with Crippen molar-refractivity contribution in [2.45, 2.75) is 25.9 Å². The minimum Gasteiger partial charge on any atom is -0.313 e. The highest BCUT2D eigenvalue weighted by Gasteiger charge is 2.14. The number of hydrogen-bond acceptors (Lipinski definition) is 3. The van der Waals surface area contributed by atoms with Crippen LogP contribution in [0.15, 0.2) is 17.5 Å². The van der Waals surface area contributed by atoms with E-state index in [4.69, 9.17) is 0 Å². The average molecular weight is 212 g/mol. The van der Waals surface area contributed by atoms with Crippen molar-refractivity contribution in [2.75, 3.05) is 20.6 Å². The van der Waals surface area contributed by atoms with Crippen molar-refractivity contribution in [2.24, 2.45) is 0 Å². The Bertz CT molecular complexity index is 242. The van der Waals surface area contributed by atoms with Gasteiger partial charge in [-0.05, 0) is 25.5 Å². The monoisotopic (exact) mass is 212 g/mol. The van der Waals surface area contributed by atoms with Crippen molar-refractivity contribution in [1.29, 1.82) is 0 Å². The summed E-state index contributed by atoms with van der Waals surface area (Å²) in [6.07, 6.45) is 0. The second kappa shape index (κ2) is 5.49. The summed E-state index contributed by atoms with van der Waals surface area (Å²) in [4.78, 5) is 3.70. The van der Waals surface area contributed by atoms with Crippen LogP contribution in [0.4, 0.5) is 0 Å². The van der Waals surface area contributed by atoms with Gasteiger partial charge in [0.1, 0.15) is 0 Å². The maximum absolute atomic E-state index is 3.48. The Labute approximate surface area is 90.9 Å². The van der Waals surface area contributed by atoms with Gasteiger partial charge in [-0.2, -0.15) is 0 Å². The molecule has 0 aliphatic heterocycles. The van der Waals surface area contributed by atoms with Crippen molar-refractivity contribution in [3.05, 3.63) is 22.4 Å². The van der Waals surface area contributed by atoms with Crippen LogP contribution in [0.2, 0.25) is 0 Å². The third kappa shape index (κ3) is 3.40. The van der Waals surface area contributed by atoms with Gasteiger partial charge in [0, 0.05) is 17.5 Å². The molecular weight excluding hydrogens is 192 g/mol. The van der Waals surface area contributed by atoms with Crippen molar-refractivity contribution in [3.63, 3.8) is 0 Å². The van der Waals surface area contributed by atoms with Crippen LogP contribution < -0.4 is 5.32 Å². The lowest BCUT2D eigenvalue weighted by Crippen LogP contribution is -2.34. The largest absolute Gasteiger partial charge is 0.313 e. The first-order chi connectivity index (χ1) is 6.61. The van der Waals surface area contributed by atoms with Crippen LogP contribution in [0, 0.1) is 0 Å². The summed E-state index contributed by atoms with van der Waals surface area (Å²) >= 11 is 1.83. The Hall–Kier alpha value is -0.380. The standard InChI is InChI=1S/C11H20N2S/c1-9(2)12-8-10(13(3)4)11-6-5-7-14-11/h5-7,9-10,12H,8H2,1-4H3. The Morgan fingerprint density at radius 2 is 2.14 bits per heavy atom. The highest BCUT2D eigenvalue weighted by Crippen LogP contribution is 2.22. The molecule has 2 nitrogen and oxygen atoms in total. The normalized spacial score (nSPS) is 13.9. The zero-order valence-electron chi connectivity index (χ0n) is 9.45. The van der Waals surface area contributed by atoms with E-state index in [1.165, 1.54) is 4.88 Å². The van der Waals surface area contributed by atoms with Crippen LogP contribution in [0.5, 0.6) is 0 Å². The van der Waals surface area contributed by atoms with Crippen molar-refractivity contribution >= 4 is 11.3 Å². The number of likely N-dealkylation sites (N-methyl/N-ethyl adjacent to an activating group) is 1. The van der Waals surface area contributed by atoms with E-state index in [-0.39, 0.29) is 0 Å². The van der Waals surface area contributed by atoms with Crippen LogP contribution >= 0.6 is 11.3 Å². The fourth-order valence-corrected chi connectivity index (χ4v) is 2.29. The van der Waals surface area contributed by atoms with Gasteiger partial charge in [-0.3, -0.25) is 0 Å². The first kappa shape index (κ1) is 11.7. The molecule has 0 aliphatic rings. The van der Waals surface area contributed by atoms with E-state index >= 15 is 0 Å². The summed E-state index contributed by atoms with van der Waals surface area (Å²) in [6.45, 7) is 5.38. The number of nitrogens with zero attached hydrogens (tertiary/aromatic N) is 1. The molecule has 1 aromatic heterocycles.